The number of hydrogen-bond donors (Lipinski definition) is 3. The molecule has 94 valence electrons. The molecule has 0 spiro atoms. The SMILES string of the molecule is CC1CCNC(C(C)(O)C2CCCNC2)C1. The van der Waals surface area contributed by atoms with Crippen molar-refractivity contribution in [1.29, 1.82) is 0 Å². The van der Waals surface area contributed by atoms with Gasteiger partial charge in [0.15, 0.2) is 0 Å². The molecule has 0 bridgehead atoms. The third-order valence-corrected chi connectivity index (χ3v) is 4.49. The molecule has 0 aromatic heterocycles. The second kappa shape index (κ2) is 5.03. The summed E-state index contributed by atoms with van der Waals surface area (Å²) in [5.41, 5.74) is -0.553. The molecule has 0 saturated carbocycles. The van der Waals surface area contributed by atoms with Crippen LogP contribution in [0.15, 0.2) is 0 Å². The summed E-state index contributed by atoms with van der Waals surface area (Å²) in [6.45, 7) is 7.46. The molecule has 4 unspecified atom stereocenters. The van der Waals surface area contributed by atoms with Crippen molar-refractivity contribution >= 4 is 0 Å². The number of nitrogens with one attached hydrogen (secondary N) is 2. The van der Waals surface area contributed by atoms with Crippen molar-refractivity contribution in [3.63, 3.8) is 0 Å². The lowest BCUT2D eigenvalue weighted by atomic mass is 9.74. The quantitative estimate of drug-likeness (QED) is 0.661. The van der Waals surface area contributed by atoms with Gasteiger partial charge in [-0.15, -0.1) is 0 Å². The molecule has 2 fully saturated rings. The zero-order valence-corrected chi connectivity index (χ0v) is 10.6. The van der Waals surface area contributed by atoms with Gasteiger partial charge < -0.3 is 15.7 Å². The molecule has 0 aromatic carbocycles. The van der Waals surface area contributed by atoms with Crippen LogP contribution in [-0.4, -0.2) is 36.4 Å². The Bertz CT molecular complexity index is 224. The first kappa shape index (κ1) is 12.3. The van der Waals surface area contributed by atoms with E-state index in [1.807, 2.05) is 6.92 Å². The highest BCUT2D eigenvalue weighted by atomic mass is 16.3. The number of hydrogen-bond acceptors (Lipinski definition) is 3. The summed E-state index contributed by atoms with van der Waals surface area (Å²) in [6.07, 6.45) is 4.72. The zero-order valence-electron chi connectivity index (χ0n) is 10.6. The molecular weight excluding hydrogens is 200 g/mol. The first-order chi connectivity index (χ1) is 7.60. The molecule has 2 aliphatic heterocycles. The van der Waals surface area contributed by atoms with Gasteiger partial charge in [0.1, 0.15) is 0 Å². The van der Waals surface area contributed by atoms with E-state index in [0.717, 1.165) is 38.4 Å². The summed E-state index contributed by atoms with van der Waals surface area (Å²) in [4.78, 5) is 0. The van der Waals surface area contributed by atoms with Crippen LogP contribution in [0.3, 0.4) is 0 Å². The maximum Gasteiger partial charge on any atom is 0.0812 e. The molecule has 4 atom stereocenters. The van der Waals surface area contributed by atoms with Gasteiger partial charge in [-0.1, -0.05) is 6.92 Å². The minimum absolute atomic E-state index is 0.279. The summed E-state index contributed by atoms with van der Waals surface area (Å²) >= 11 is 0. The van der Waals surface area contributed by atoms with Gasteiger partial charge in [0.25, 0.3) is 0 Å². The highest BCUT2D eigenvalue weighted by Gasteiger charge is 2.41. The fraction of sp³-hybridized carbons (Fsp3) is 1.00. The van der Waals surface area contributed by atoms with E-state index in [-0.39, 0.29) is 6.04 Å². The van der Waals surface area contributed by atoms with Gasteiger partial charge in [-0.3, -0.25) is 0 Å². The van der Waals surface area contributed by atoms with Crippen LogP contribution in [0.25, 0.3) is 0 Å². The van der Waals surface area contributed by atoms with Crippen LogP contribution in [0.1, 0.15) is 39.5 Å². The van der Waals surface area contributed by atoms with Crippen LogP contribution in [0.5, 0.6) is 0 Å². The molecule has 2 aliphatic rings. The second-order valence-corrected chi connectivity index (χ2v) is 5.91. The molecule has 3 heteroatoms. The first-order valence-corrected chi connectivity index (χ1v) is 6.77. The van der Waals surface area contributed by atoms with E-state index in [0.29, 0.717) is 5.92 Å². The Kier molecular flexibility index (Phi) is 3.88. The van der Waals surface area contributed by atoms with Crippen LogP contribution < -0.4 is 10.6 Å². The lowest BCUT2D eigenvalue weighted by Gasteiger charge is -2.44. The molecule has 16 heavy (non-hydrogen) atoms. The molecular formula is C13H26N2O. The largest absolute Gasteiger partial charge is 0.388 e. The molecule has 2 heterocycles. The maximum atomic E-state index is 10.8. The topological polar surface area (TPSA) is 44.3 Å². The van der Waals surface area contributed by atoms with Crippen molar-refractivity contribution in [2.45, 2.75) is 51.2 Å². The van der Waals surface area contributed by atoms with Gasteiger partial charge in [-0.05, 0) is 51.6 Å². The minimum Gasteiger partial charge on any atom is -0.388 e. The van der Waals surface area contributed by atoms with E-state index in [2.05, 4.69) is 17.6 Å². The van der Waals surface area contributed by atoms with Gasteiger partial charge >= 0.3 is 0 Å². The predicted molar refractivity (Wildman–Crippen MR) is 66.4 cm³/mol. The standard InChI is InChI=1S/C13H26N2O/c1-10-5-7-15-12(8-10)13(2,16)11-4-3-6-14-9-11/h10-12,14-16H,3-9H2,1-2H3. The van der Waals surface area contributed by atoms with Crippen LogP contribution in [0.4, 0.5) is 0 Å². The molecule has 3 nitrogen and oxygen atoms in total. The average molecular weight is 226 g/mol. The molecule has 0 amide bonds. The number of aliphatic hydroxyl groups is 1. The Labute approximate surface area is 99.0 Å². The third-order valence-electron chi connectivity index (χ3n) is 4.49. The zero-order chi connectivity index (χ0) is 11.6. The van der Waals surface area contributed by atoms with E-state index >= 15 is 0 Å². The van der Waals surface area contributed by atoms with Crippen molar-refractivity contribution in [2.24, 2.45) is 11.8 Å². The first-order valence-electron chi connectivity index (χ1n) is 6.77. The van der Waals surface area contributed by atoms with Crippen LogP contribution in [0.2, 0.25) is 0 Å². The lowest BCUT2D eigenvalue weighted by molar-refractivity contribution is -0.0540. The van der Waals surface area contributed by atoms with Crippen molar-refractivity contribution in [2.75, 3.05) is 19.6 Å². The van der Waals surface area contributed by atoms with Crippen molar-refractivity contribution in [3.05, 3.63) is 0 Å². The molecule has 0 aliphatic carbocycles. The summed E-state index contributed by atoms with van der Waals surface area (Å²) in [7, 11) is 0. The average Bonchev–Trinajstić information content (AvgIpc) is 2.30. The van der Waals surface area contributed by atoms with Gasteiger partial charge in [-0.25, -0.2) is 0 Å². The Morgan fingerprint density at radius 1 is 1.25 bits per heavy atom. The predicted octanol–water partition coefficient (Wildman–Crippen LogP) is 1.13. The normalized spacial score (nSPS) is 40.3. The highest BCUT2D eigenvalue weighted by molar-refractivity contribution is 4.97. The Hall–Kier alpha value is -0.120. The smallest absolute Gasteiger partial charge is 0.0812 e. The second-order valence-electron chi connectivity index (χ2n) is 5.91. The Morgan fingerprint density at radius 2 is 2.06 bits per heavy atom. The van der Waals surface area contributed by atoms with Crippen LogP contribution >= 0.6 is 0 Å². The van der Waals surface area contributed by atoms with E-state index in [1.165, 1.54) is 12.8 Å². The van der Waals surface area contributed by atoms with E-state index < -0.39 is 5.60 Å². The van der Waals surface area contributed by atoms with Crippen molar-refractivity contribution < 1.29 is 5.11 Å². The molecule has 2 rings (SSSR count). The molecule has 2 saturated heterocycles. The fourth-order valence-electron chi connectivity index (χ4n) is 3.19. The van der Waals surface area contributed by atoms with Gasteiger partial charge in [0, 0.05) is 18.5 Å². The monoisotopic (exact) mass is 226 g/mol. The van der Waals surface area contributed by atoms with E-state index in [4.69, 9.17) is 0 Å². The van der Waals surface area contributed by atoms with Crippen LogP contribution in [-0.2, 0) is 0 Å². The Morgan fingerprint density at radius 3 is 2.69 bits per heavy atom. The summed E-state index contributed by atoms with van der Waals surface area (Å²) in [6, 6.07) is 0.279. The van der Waals surface area contributed by atoms with Gasteiger partial charge in [-0.2, -0.15) is 0 Å². The molecule has 3 N–H and O–H groups in total. The summed E-state index contributed by atoms with van der Waals surface area (Å²) in [5, 5.41) is 17.7. The summed E-state index contributed by atoms with van der Waals surface area (Å²) in [5.74, 6) is 1.15. The minimum atomic E-state index is -0.553. The number of piperidine rings is 2. The Balaban J connectivity index is 1.98. The number of rotatable bonds is 2. The van der Waals surface area contributed by atoms with Crippen molar-refractivity contribution in [3.8, 4) is 0 Å². The van der Waals surface area contributed by atoms with E-state index in [9.17, 15) is 5.11 Å². The summed E-state index contributed by atoms with van der Waals surface area (Å²) < 4.78 is 0. The van der Waals surface area contributed by atoms with Crippen LogP contribution in [0, 0.1) is 11.8 Å². The van der Waals surface area contributed by atoms with E-state index in [1.54, 1.807) is 0 Å². The van der Waals surface area contributed by atoms with Gasteiger partial charge in [0.2, 0.25) is 0 Å². The fourth-order valence-corrected chi connectivity index (χ4v) is 3.19. The van der Waals surface area contributed by atoms with Gasteiger partial charge in [0.05, 0.1) is 5.60 Å². The molecule has 0 radical (unpaired) electrons. The molecule has 0 aromatic rings. The highest BCUT2D eigenvalue weighted by Crippen LogP contribution is 2.32. The van der Waals surface area contributed by atoms with Crippen molar-refractivity contribution in [1.82, 2.24) is 10.6 Å². The maximum absolute atomic E-state index is 10.8. The third kappa shape index (κ3) is 2.58. The lowest BCUT2D eigenvalue weighted by Crippen LogP contribution is -2.58.